The van der Waals surface area contributed by atoms with Gasteiger partial charge in [-0.05, 0) is 23.1 Å². The molecule has 0 aliphatic heterocycles. The van der Waals surface area contributed by atoms with Gasteiger partial charge < -0.3 is 0 Å². The Labute approximate surface area is 801 Å². The number of aromatic nitrogens is 1. The van der Waals surface area contributed by atoms with Crippen molar-refractivity contribution in [2.75, 3.05) is 0 Å². The molecule has 117 heavy (non-hydrogen) atoms. The third-order valence-electron chi connectivity index (χ3n) is 24.2. The molecule has 98 radical (unpaired) electrons. The number of hydrogen-bond donors (Lipinski definition) is 0. The maximum atomic E-state index is 7.34. The first-order chi connectivity index (χ1) is 53.9. The molecule has 4 aromatic rings. The Balaban J connectivity index is 0.00000142. The van der Waals surface area contributed by atoms with Crippen LogP contribution in [0.3, 0.4) is 0 Å². The second-order valence-corrected chi connectivity index (χ2v) is 33.1. The van der Waals surface area contributed by atoms with Crippen LogP contribution in [0.2, 0.25) is 0 Å². The SMILES string of the molecule is Brc1ccccc1-c1cnc2c(ccc3ccccc32)c1.[B]B([B])B([B])B(B([B])[B])B(B(B([B])[B])B([B])[B])B(B(B(B([B])[B])B([B])[B])B(B([B])[B])B([B])[B])B(B(B(B(B([B])[B])B([B])[B])B(B([B])[B])B([B])[B])B(B(B([B])[B])B([B])[B])B(B([B])[B])B([B])[B])B(B(B(B([B])[B])B([B])[B])B(B([B])[B])B([B])[B])B(B(B([B])[B])B([B])[B])B(B([B])[B])B([B])[B]. The molecule has 0 spiro atoms. The molecule has 0 saturated heterocycles. The highest BCUT2D eigenvalue weighted by Gasteiger charge is 2.68. The smallest absolute Gasteiger partial charge is 0.0780 e. The van der Waals surface area contributed by atoms with Gasteiger partial charge in [-0.25, -0.2) is 0 Å². The molecule has 0 bridgehead atoms. The van der Waals surface area contributed by atoms with Gasteiger partial charge in [0.2, 0.25) is 0 Å². The summed E-state index contributed by atoms with van der Waals surface area (Å²) in [5.41, 5.74) is 3.36. The van der Waals surface area contributed by atoms with E-state index in [1.807, 2.05) is 18.3 Å². The fourth-order valence-electron chi connectivity index (χ4n) is 19.9. The van der Waals surface area contributed by atoms with Crippen molar-refractivity contribution >= 4 is 717 Å². The average Bonchev–Trinajstić information content (AvgIpc) is 0.707. The zero-order chi connectivity index (χ0) is 90.4. The summed E-state index contributed by atoms with van der Waals surface area (Å²) in [6.45, 7) is 0. The Morgan fingerprint density at radius 2 is 0.376 bits per heavy atom. The first-order valence-corrected chi connectivity index (χ1v) is 39.3. The molecule has 0 aliphatic rings. The summed E-state index contributed by atoms with van der Waals surface area (Å²) in [6, 6.07) is 23.1. The highest BCUT2D eigenvalue weighted by molar-refractivity contribution is 9.10. The maximum Gasteiger partial charge on any atom is 0.0780 e. The van der Waals surface area contributed by atoms with Crippen LogP contribution < -0.4 is 0 Å². The average molecular weight is 1370 g/mol. The largest absolute Gasteiger partial charge is 0.255 e. The van der Waals surface area contributed by atoms with Crippen LogP contribution in [0.1, 0.15) is 0 Å². The lowest BCUT2D eigenvalue weighted by Gasteiger charge is -2.63. The van der Waals surface area contributed by atoms with Gasteiger partial charge in [0.05, 0.1) is 5.52 Å². The number of nitrogens with zero attached hydrogens (tertiary/aromatic N) is 1. The Kier molecular flexibility index (Phi) is 52.3. The summed E-state index contributed by atoms with van der Waals surface area (Å²) in [4.78, 5) is 4.71. The molecule has 0 atom stereocenters. The van der Waals surface area contributed by atoms with Crippen molar-refractivity contribution in [2.45, 2.75) is 0 Å². The molecule has 1 heterocycles. The summed E-state index contributed by atoms with van der Waals surface area (Å²) in [5.74, 6) is 0. The first kappa shape index (κ1) is 115. The highest BCUT2D eigenvalue weighted by Crippen LogP contribution is 2.34. The topological polar surface area (TPSA) is 12.9 Å². The van der Waals surface area contributed by atoms with Crippen molar-refractivity contribution in [2.24, 2.45) is 0 Å². The molecule has 0 saturated carbocycles. The van der Waals surface area contributed by atoms with Crippen LogP contribution in [0.4, 0.5) is 0 Å². The van der Waals surface area contributed by atoms with E-state index < -0.39 is 300 Å². The normalized spacial score (nSPS) is 10.1. The predicted octanol–water partition coefficient (Wildman–Crippen LogP) is -30.7. The lowest BCUT2D eigenvalue weighted by molar-refractivity contribution is 1.42. The van der Waals surface area contributed by atoms with Crippen molar-refractivity contribution in [1.29, 1.82) is 0 Å². The number of benzene rings is 3. The number of halogens is 1. The van der Waals surface area contributed by atoms with E-state index in [1.54, 1.807) is 0 Å². The molecule has 0 aliphatic carbocycles. The van der Waals surface area contributed by atoms with E-state index in [4.69, 9.17) is 384 Å². The molecule has 0 N–H and O–H groups in total. The van der Waals surface area contributed by atoms with E-state index in [-0.39, 0.29) is 0 Å². The lowest BCUT2D eigenvalue weighted by atomic mass is 8.18. The van der Waals surface area contributed by atoms with Crippen molar-refractivity contribution in [1.82, 2.24) is 4.98 Å². The lowest BCUT2D eigenvalue weighted by Crippen LogP contribution is -3.01. The summed E-state index contributed by atoms with van der Waals surface area (Å²) in [6.07, 6.45) is -85.7. The Morgan fingerprint density at radius 1 is 0.188 bits per heavy atom. The zero-order valence-corrected chi connectivity index (χ0v) is 68.3. The fraction of sp³-hybridized carbons (Fsp3) is 0. The monoisotopic (exact) mass is 1390 g/mol. The van der Waals surface area contributed by atoms with Gasteiger partial charge in [-0.3, -0.25) is 4.98 Å². The second kappa shape index (κ2) is 53.1. The predicted molar refractivity (Wildman–Crippen MR) is 645 cm³/mol. The van der Waals surface area contributed by atoms with Gasteiger partial charge in [0.1, 0.15) is 0 Å². The van der Waals surface area contributed by atoms with Gasteiger partial charge in [-0.1, -0.05) is 70.5 Å². The van der Waals surface area contributed by atoms with Gasteiger partial charge in [-0.2, -0.15) is 0 Å². The molecule has 0 unspecified atom stereocenters. The van der Waals surface area contributed by atoms with Gasteiger partial charge in [0.25, 0.3) is 0 Å². The van der Waals surface area contributed by atoms with Gasteiger partial charge in [-0.15, -0.1) is 0 Å². The minimum atomic E-state index is -2.26. The second-order valence-electron chi connectivity index (χ2n) is 32.2. The van der Waals surface area contributed by atoms with E-state index in [2.05, 4.69) is 70.5 Å². The van der Waals surface area contributed by atoms with Crippen LogP contribution >= 0.6 is 15.9 Å². The molecule has 3 aromatic carbocycles. The summed E-state index contributed by atoms with van der Waals surface area (Å²) in [7, 11) is 346. The zero-order valence-electron chi connectivity index (χ0n) is 66.7. The minimum Gasteiger partial charge on any atom is -0.255 e. The molecule has 4 rings (SSSR count). The standard InChI is InChI=1S/C19H12BrN.B96/c20-18-8-4-3-6-16(18)15-11-14-10-9-13-5-1-2-7-17(13)19(14)21-12-15;1-50(2)74(49)86(73(47)48)92(85(71(43)44)72(45)46)95(91(83(67(35)36)68(37)38)84(69(39)40)70(41)42)96(93(87(75(51(3)4)52(5)6)76(53(7)8)54(9)10)88(77(55(11)12)56(13)14)78(57(15)16)58(17)18)94(89(79(59(19)20)60(21)22)80(61(23)24)62(25)26)90(81(63(27)28)64(29)30)82(65(31)32)66(33)34/h1-12H;. The fourth-order valence-corrected chi connectivity index (χ4v) is 20.4. The highest BCUT2D eigenvalue weighted by atomic mass is 79.9. The Bertz CT molecular complexity index is 3050. The molecule has 1 nitrogen and oxygen atoms in total. The molecule has 0 amide bonds. The molecule has 0 fully saturated rings. The van der Waals surface area contributed by atoms with Crippen LogP contribution in [0.25, 0.3) is 32.8 Å². The molecule has 388 valence electrons. The van der Waals surface area contributed by atoms with Crippen molar-refractivity contribution in [3.63, 3.8) is 0 Å². The third kappa shape index (κ3) is 30.0. The van der Waals surface area contributed by atoms with Crippen molar-refractivity contribution < 1.29 is 0 Å². The van der Waals surface area contributed by atoms with Crippen LogP contribution in [-0.2, 0) is 0 Å². The molecule has 1 aromatic heterocycles. The summed E-state index contributed by atoms with van der Waals surface area (Å²) >= 11 is 3.61. The number of rotatable bonds is 47. The van der Waals surface area contributed by atoms with Crippen LogP contribution in [0.5, 0.6) is 0 Å². The first-order valence-electron chi connectivity index (χ1n) is 38.5. The Morgan fingerprint density at radius 3 is 0.590 bits per heavy atom. The number of hydrogen-bond acceptors (Lipinski definition) is 1. The van der Waals surface area contributed by atoms with E-state index in [1.165, 1.54) is 21.7 Å². The number of pyridine rings is 1. The van der Waals surface area contributed by atoms with Crippen LogP contribution in [-0.4, -0.2) is 684 Å². The van der Waals surface area contributed by atoms with Crippen LogP contribution in [0, 0.1) is 0 Å². The van der Waals surface area contributed by atoms with E-state index in [9.17, 15) is 0 Å². The van der Waals surface area contributed by atoms with E-state index >= 15 is 0 Å². The number of fused-ring (bicyclic) bond motifs is 3. The third-order valence-corrected chi connectivity index (χ3v) is 24.9. The molecular formula is C19H12B96BrN. The van der Waals surface area contributed by atoms with Gasteiger partial charge in [0.15, 0.2) is 0 Å². The summed E-state index contributed by atoms with van der Waals surface area (Å²) in [5, 5.41) is 3.60. The van der Waals surface area contributed by atoms with Crippen molar-refractivity contribution in [3.05, 3.63) is 77.4 Å². The van der Waals surface area contributed by atoms with E-state index in [0.29, 0.717) is 0 Å². The molecular weight excluding hydrogens is 1360 g/mol. The minimum absolute atomic E-state index is 1.06. The van der Waals surface area contributed by atoms with Crippen LogP contribution in [0.15, 0.2) is 77.4 Å². The quantitative estimate of drug-likeness (QED) is 0.0317. The van der Waals surface area contributed by atoms with Gasteiger partial charge >= 0.3 is 0 Å². The van der Waals surface area contributed by atoms with Gasteiger partial charge in [0, 0.05) is 706 Å². The Hall–Kier alpha value is 4.04. The molecule has 98 heteroatoms. The van der Waals surface area contributed by atoms with Crippen molar-refractivity contribution in [3.8, 4) is 11.1 Å². The summed E-state index contributed by atoms with van der Waals surface area (Å²) < 4.78 is 1.09. The van der Waals surface area contributed by atoms with E-state index in [0.717, 1.165) is 15.6 Å². The maximum absolute atomic E-state index is 7.34.